The molecule has 0 bridgehead atoms. The minimum atomic E-state index is -0.199. The zero-order chi connectivity index (χ0) is 21.8. The van der Waals surface area contributed by atoms with Crippen molar-refractivity contribution in [1.82, 2.24) is 9.66 Å². The van der Waals surface area contributed by atoms with Crippen LogP contribution in [0.3, 0.4) is 0 Å². The van der Waals surface area contributed by atoms with Gasteiger partial charge in [-0.15, -0.1) is 0 Å². The van der Waals surface area contributed by atoms with Gasteiger partial charge in [0.15, 0.2) is 11.5 Å². The molecule has 0 unspecified atom stereocenters. The van der Waals surface area contributed by atoms with Gasteiger partial charge in [-0.05, 0) is 56.7 Å². The first-order valence-electron chi connectivity index (χ1n) is 10.0. The normalized spacial score (nSPS) is 11.6. The minimum absolute atomic E-state index is 0.0308. The zero-order valence-electron chi connectivity index (χ0n) is 17.9. The second-order valence-electron chi connectivity index (χ2n) is 7.17. The van der Waals surface area contributed by atoms with Gasteiger partial charge in [0.25, 0.3) is 5.56 Å². The summed E-state index contributed by atoms with van der Waals surface area (Å²) >= 11 is 3.43. The molecule has 0 atom stereocenters. The van der Waals surface area contributed by atoms with E-state index in [1.165, 1.54) is 4.68 Å². The summed E-state index contributed by atoms with van der Waals surface area (Å²) in [5.41, 5.74) is 2.28. The number of benzene rings is 2. The highest BCUT2D eigenvalue weighted by molar-refractivity contribution is 9.10. The van der Waals surface area contributed by atoms with E-state index in [2.05, 4.69) is 26.0 Å². The number of ether oxygens (including phenoxy) is 2. The smallest absolute Gasteiger partial charge is 0.282 e. The Morgan fingerprint density at radius 1 is 1.13 bits per heavy atom. The van der Waals surface area contributed by atoms with Gasteiger partial charge in [0.05, 0.1) is 30.3 Å². The van der Waals surface area contributed by atoms with Gasteiger partial charge in [-0.3, -0.25) is 4.79 Å². The fraction of sp³-hybridized carbons (Fsp3) is 0.348. The molecule has 0 saturated carbocycles. The van der Waals surface area contributed by atoms with Crippen molar-refractivity contribution in [2.24, 2.45) is 5.10 Å². The number of rotatable bonds is 7. The van der Waals surface area contributed by atoms with Crippen LogP contribution >= 0.6 is 15.9 Å². The molecule has 3 aromatic rings. The maximum atomic E-state index is 13.2. The quantitative estimate of drug-likeness (QED) is 0.440. The molecule has 30 heavy (non-hydrogen) atoms. The summed E-state index contributed by atoms with van der Waals surface area (Å²) in [6, 6.07) is 9.31. The standard InChI is InChI=1S/C23H26BrN3O3/c1-6-29-20-10-15(5)16(11-21(20)30-7-2)13-25-27-22(14(3)4)26-19-9-8-17(24)12-18(19)23(27)28/h8-14H,6-7H2,1-5H3. The summed E-state index contributed by atoms with van der Waals surface area (Å²) in [7, 11) is 0. The van der Waals surface area contributed by atoms with Crippen LogP contribution in [0.1, 0.15) is 50.6 Å². The van der Waals surface area contributed by atoms with Gasteiger partial charge >= 0.3 is 0 Å². The molecule has 1 heterocycles. The minimum Gasteiger partial charge on any atom is -0.490 e. The first-order valence-corrected chi connectivity index (χ1v) is 10.8. The van der Waals surface area contributed by atoms with Gasteiger partial charge in [-0.1, -0.05) is 29.8 Å². The van der Waals surface area contributed by atoms with Crippen molar-refractivity contribution >= 4 is 33.0 Å². The second-order valence-corrected chi connectivity index (χ2v) is 8.08. The number of aryl methyl sites for hydroxylation is 1. The van der Waals surface area contributed by atoms with Crippen LogP contribution in [-0.4, -0.2) is 29.1 Å². The van der Waals surface area contributed by atoms with Gasteiger partial charge in [-0.2, -0.15) is 9.78 Å². The largest absolute Gasteiger partial charge is 0.490 e. The van der Waals surface area contributed by atoms with Crippen LogP contribution in [0.15, 0.2) is 44.7 Å². The predicted octanol–water partition coefficient (Wildman–Crippen LogP) is 5.27. The van der Waals surface area contributed by atoms with Gasteiger partial charge in [0, 0.05) is 16.0 Å². The van der Waals surface area contributed by atoms with E-state index in [0.717, 1.165) is 15.6 Å². The van der Waals surface area contributed by atoms with Crippen LogP contribution in [0, 0.1) is 6.92 Å². The van der Waals surface area contributed by atoms with Crippen molar-refractivity contribution in [2.45, 2.75) is 40.5 Å². The number of aromatic nitrogens is 2. The summed E-state index contributed by atoms with van der Waals surface area (Å²) in [5.74, 6) is 2.00. The summed E-state index contributed by atoms with van der Waals surface area (Å²) in [6.45, 7) is 10.9. The lowest BCUT2D eigenvalue weighted by molar-refractivity contribution is 0.287. The molecule has 158 valence electrons. The molecule has 7 heteroatoms. The summed E-state index contributed by atoms with van der Waals surface area (Å²) in [6.07, 6.45) is 1.67. The summed E-state index contributed by atoms with van der Waals surface area (Å²) in [4.78, 5) is 17.8. The van der Waals surface area contributed by atoms with E-state index in [0.29, 0.717) is 41.4 Å². The van der Waals surface area contributed by atoms with Crippen LogP contribution in [0.25, 0.3) is 10.9 Å². The van der Waals surface area contributed by atoms with Crippen molar-refractivity contribution in [3.63, 3.8) is 0 Å². The molecule has 0 spiro atoms. The van der Waals surface area contributed by atoms with Crippen molar-refractivity contribution in [3.8, 4) is 11.5 Å². The Morgan fingerprint density at radius 3 is 2.43 bits per heavy atom. The lowest BCUT2D eigenvalue weighted by Crippen LogP contribution is -2.23. The predicted molar refractivity (Wildman–Crippen MR) is 124 cm³/mol. The number of hydrogen-bond acceptors (Lipinski definition) is 5. The molecular weight excluding hydrogens is 446 g/mol. The Balaban J connectivity index is 2.13. The van der Waals surface area contributed by atoms with E-state index in [1.54, 1.807) is 12.3 Å². The van der Waals surface area contributed by atoms with Crippen LogP contribution in [0.2, 0.25) is 0 Å². The summed E-state index contributed by atoms with van der Waals surface area (Å²) < 4.78 is 13.6. The maximum absolute atomic E-state index is 13.2. The molecule has 0 fully saturated rings. The van der Waals surface area contributed by atoms with Gasteiger partial charge in [0.2, 0.25) is 0 Å². The van der Waals surface area contributed by atoms with E-state index in [9.17, 15) is 4.79 Å². The Bertz CT molecular complexity index is 1150. The lowest BCUT2D eigenvalue weighted by Gasteiger charge is -2.14. The van der Waals surface area contributed by atoms with E-state index < -0.39 is 0 Å². The lowest BCUT2D eigenvalue weighted by atomic mass is 10.1. The van der Waals surface area contributed by atoms with Gasteiger partial charge < -0.3 is 9.47 Å². The molecule has 0 N–H and O–H groups in total. The van der Waals surface area contributed by atoms with Gasteiger partial charge in [-0.25, -0.2) is 4.98 Å². The molecule has 0 aliphatic heterocycles. The third kappa shape index (κ3) is 4.56. The third-order valence-corrected chi connectivity index (χ3v) is 5.09. The van der Waals surface area contributed by atoms with E-state index in [-0.39, 0.29) is 11.5 Å². The first-order chi connectivity index (χ1) is 14.3. The van der Waals surface area contributed by atoms with E-state index >= 15 is 0 Å². The molecule has 2 aromatic carbocycles. The molecule has 1 aromatic heterocycles. The van der Waals surface area contributed by atoms with Crippen molar-refractivity contribution in [1.29, 1.82) is 0 Å². The number of nitrogens with zero attached hydrogens (tertiary/aromatic N) is 3. The monoisotopic (exact) mass is 471 g/mol. The Hall–Kier alpha value is -2.67. The number of hydrogen-bond donors (Lipinski definition) is 0. The van der Waals surface area contributed by atoms with Crippen LogP contribution in [0.5, 0.6) is 11.5 Å². The molecule has 0 radical (unpaired) electrons. The molecule has 6 nitrogen and oxygen atoms in total. The van der Waals surface area contributed by atoms with Crippen molar-refractivity contribution in [3.05, 3.63) is 62.1 Å². The highest BCUT2D eigenvalue weighted by Crippen LogP contribution is 2.30. The fourth-order valence-corrected chi connectivity index (χ4v) is 3.49. The van der Waals surface area contributed by atoms with Crippen molar-refractivity contribution in [2.75, 3.05) is 13.2 Å². The van der Waals surface area contributed by atoms with Crippen LogP contribution < -0.4 is 15.0 Å². The molecule has 3 rings (SSSR count). The topological polar surface area (TPSA) is 65.7 Å². The molecule has 0 amide bonds. The van der Waals surface area contributed by atoms with Gasteiger partial charge in [0.1, 0.15) is 5.82 Å². The maximum Gasteiger partial charge on any atom is 0.282 e. The van der Waals surface area contributed by atoms with Crippen LogP contribution in [-0.2, 0) is 0 Å². The highest BCUT2D eigenvalue weighted by atomic mass is 79.9. The zero-order valence-corrected chi connectivity index (χ0v) is 19.5. The van der Waals surface area contributed by atoms with Crippen molar-refractivity contribution < 1.29 is 9.47 Å². The fourth-order valence-electron chi connectivity index (χ4n) is 3.12. The second kappa shape index (κ2) is 9.43. The molecule has 0 aliphatic carbocycles. The average Bonchev–Trinajstić information content (AvgIpc) is 2.70. The molecular formula is C23H26BrN3O3. The average molecular weight is 472 g/mol. The van der Waals surface area contributed by atoms with Crippen LogP contribution in [0.4, 0.5) is 0 Å². The van der Waals surface area contributed by atoms with E-state index in [4.69, 9.17) is 9.47 Å². The highest BCUT2D eigenvalue weighted by Gasteiger charge is 2.14. The Labute approximate surface area is 184 Å². The molecule has 0 aliphatic rings. The summed E-state index contributed by atoms with van der Waals surface area (Å²) in [5, 5.41) is 5.04. The first kappa shape index (κ1) is 22.0. The number of fused-ring (bicyclic) bond motifs is 1. The van der Waals surface area contributed by atoms with E-state index in [1.807, 2.05) is 58.9 Å². The Morgan fingerprint density at radius 2 is 1.80 bits per heavy atom. The molecule has 0 saturated heterocycles. The Kier molecular flexibility index (Phi) is 6.92. The third-order valence-electron chi connectivity index (χ3n) is 4.59. The SMILES string of the molecule is CCOc1cc(C)c(C=Nn2c(C(C)C)nc3ccc(Br)cc3c2=O)cc1OCC. The number of halogens is 1.